The van der Waals surface area contributed by atoms with Gasteiger partial charge in [0.25, 0.3) is 0 Å². The number of nitrogens with one attached hydrogen (secondary N) is 1. The quantitative estimate of drug-likeness (QED) is 0.819. The number of benzene rings is 1. The molecule has 104 valence electrons. The SMILES string of the molecule is Clc1cc(SC2CCCCC2)ccc1CNC1CC1. The molecule has 0 radical (unpaired) electrons. The summed E-state index contributed by atoms with van der Waals surface area (Å²) in [7, 11) is 0. The summed E-state index contributed by atoms with van der Waals surface area (Å²) in [5.74, 6) is 0. The summed E-state index contributed by atoms with van der Waals surface area (Å²) < 4.78 is 0. The van der Waals surface area contributed by atoms with E-state index in [0.717, 1.165) is 22.9 Å². The van der Waals surface area contributed by atoms with Crippen molar-refractivity contribution in [2.45, 2.75) is 67.7 Å². The molecule has 0 aliphatic heterocycles. The Bertz CT molecular complexity index is 425. The van der Waals surface area contributed by atoms with E-state index in [0.29, 0.717) is 0 Å². The summed E-state index contributed by atoms with van der Waals surface area (Å²) >= 11 is 8.42. The van der Waals surface area contributed by atoms with Crippen molar-refractivity contribution in [1.82, 2.24) is 5.32 Å². The molecule has 1 N–H and O–H groups in total. The maximum atomic E-state index is 6.40. The summed E-state index contributed by atoms with van der Waals surface area (Å²) in [6.07, 6.45) is 9.61. The molecule has 1 nitrogen and oxygen atoms in total. The van der Waals surface area contributed by atoms with Crippen molar-refractivity contribution in [3.8, 4) is 0 Å². The molecular formula is C16H22ClNS. The van der Waals surface area contributed by atoms with Gasteiger partial charge in [-0.25, -0.2) is 0 Å². The van der Waals surface area contributed by atoms with E-state index in [1.54, 1.807) is 0 Å². The highest BCUT2D eigenvalue weighted by atomic mass is 35.5. The van der Waals surface area contributed by atoms with Gasteiger partial charge in [-0.3, -0.25) is 0 Å². The maximum absolute atomic E-state index is 6.40. The molecule has 2 aliphatic carbocycles. The van der Waals surface area contributed by atoms with Gasteiger partial charge in [0.15, 0.2) is 0 Å². The third kappa shape index (κ3) is 4.14. The first-order valence-electron chi connectivity index (χ1n) is 7.50. The lowest BCUT2D eigenvalue weighted by Gasteiger charge is -2.21. The van der Waals surface area contributed by atoms with Gasteiger partial charge in [0.05, 0.1) is 0 Å². The van der Waals surface area contributed by atoms with Crippen LogP contribution >= 0.6 is 23.4 Å². The molecule has 0 unspecified atom stereocenters. The van der Waals surface area contributed by atoms with Gasteiger partial charge in [0.1, 0.15) is 0 Å². The monoisotopic (exact) mass is 295 g/mol. The van der Waals surface area contributed by atoms with Gasteiger partial charge in [-0.05, 0) is 43.4 Å². The highest BCUT2D eigenvalue weighted by Crippen LogP contribution is 2.35. The maximum Gasteiger partial charge on any atom is 0.0462 e. The van der Waals surface area contributed by atoms with Crippen LogP contribution in [0.1, 0.15) is 50.5 Å². The van der Waals surface area contributed by atoms with Gasteiger partial charge in [-0.1, -0.05) is 36.9 Å². The van der Waals surface area contributed by atoms with Crippen LogP contribution in [0.15, 0.2) is 23.1 Å². The van der Waals surface area contributed by atoms with Crippen LogP contribution in [0.3, 0.4) is 0 Å². The Morgan fingerprint density at radius 3 is 2.58 bits per heavy atom. The van der Waals surface area contributed by atoms with E-state index in [-0.39, 0.29) is 0 Å². The van der Waals surface area contributed by atoms with Crippen molar-refractivity contribution in [3.63, 3.8) is 0 Å². The number of rotatable bonds is 5. The van der Waals surface area contributed by atoms with E-state index in [1.807, 2.05) is 11.8 Å². The third-order valence-electron chi connectivity index (χ3n) is 4.04. The second kappa shape index (κ2) is 6.51. The third-order valence-corrected chi connectivity index (χ3v) is 5.72. The lowest BCUT2D eigenvalue weighted by molar-refractivity contribution is 0.516. The van der Waals surface area contributed by atoms with Gasteiger partial charge in [-0.15, -0.1) is 11.8 Å². The van der Waals surface area contributed by atoms with Crippen LogP contribution in [-0.4, -0.2) is 11.3 Å². The van der Waals surface area contributed by atoms with Gasteiger partial charge >= 0.3 is 0 Å². The fraction of sp³-hybridized carbons (Fsp3) is 0.625. The second-order valence-corrected chi connectivity index (χ2v) is 7.57. The van der Waals surface area contributed by atoms with Crippen molar-refractivity contribution in [2.75, 3.05) is 0 Å². The van der Waals surface area contributed by atoms with Gasteiger partial charge in [0, 0.05) is 27.8 Å². The molecule has 2 fully saturated rings. The normalized spacial score (nSPS) is 20.7. The molecule has 3 heteroatoms. The minimum absolute atomic E-state index is 0.743. The van der Waals surface area contributed by atoms with Crippen LogP contribution in [0.5, 0.6) is 0 Å². The Labute approximate surface area is 125 Å². The minimum Gasteiger partial charge on any atom is -0.310 e. The Hall–Kier alpha value is -0.180. The van der Waals surface area contributed by atoms with Crippen molar-refractivity contribution in [3.05, 3.63) is 28.8 Å². The lowest BCUT2D eigenvalue weighted by atomic mass is 10.0. The molecule has 0 amide bonds. The molecular weight excluding hydrogens is 274 g/mol. The Kier molecular flexibility index (Phi) is 4.73. The Balaban J connectivity index is 1.57. The molecule has 2 saturated carbocycles. The highest BCUT2D eigenvalue weighted by molar-refractivity contribution is 8.00. The zero-order valence-corrected chi connectivity index (χ0v) is 12.9. The summed E-state index contributed by atoms with van der Waals surface area (Å²) in [5.41, 5.74) is 1.24. The van der Waals surface area contributed by atoms with Crippen molar-refractivity contribution >= 4 is 23.4 Å². The summed E-state index contributed by atoms with van der Waals surface area (Å²) in [4.78, 5) is 1.34. The van der Waals surface area contributed by atoms with Crippen LogP contribution in [0.2, 0.25) is 5.02 Å². The topological polar surface area (TPSA) is 12.0 Å². The van der Waals surface area contributed by atoms with E-state index >= 15 is 0 Å². The van der Waals surface area contributed by atoms with Crippen LogP contribution in [0.25, 0.3) is 0 Å². The molecule has 0 spiro atoms. The number of hydrogen-bond donors (Lipinski definition) is 1. The number of halogens is 1. The van der Waals surface area contributed by atoms with Gasteiger partial charge in [0.2, 0.25) is 0 Å². The summed E-state index contributed by atoms with van der Waals surface area (Å²) in [5, 5.41) is 5.25. The molecule has 1 aromatic carbocycles. The predicted octanol–water partition coefficient (Wildman–Crippen LogP) is 5.02. The first-order valence-corrected chi connectivity index (χ1v) is 8.75. The van der Waals surface area contributed by atoms with Crippen LogP contribution < -0.4 is 5.32 Å². The first-order chi connectivity index (χ1) is 9.31. The molecule has 1 aromatic rings. The van der Waals surface area contributed by atoms with Crippen LogP contribution in [-0.2, 0) is 6.54 Å². The molecule has 0 bridgehead atoms. The predicted molar refractivity (Wildman–Crippen MR) is 84.0 cm³/mol. The average molecular weight is 296 g/mol. The fourth-order valence-corrected chi connectivity index (χ4v) is 4.26. The zero-order chi connectivity index (χ0) is 13.1. The van der Waals surface area contributed by atoms with Crippen LogP contribution in [0, 0.1) is 0 Å². The number of thioether (sulfide) groups is 1. The summed E-state index contributed by atoms with van der Waals surface area (Å²) in [6, 6.07) is 7.34. The zero-order valence-electron chi connectivity index (χ0n) is 11.3. The Morgan fingerprint density at radius 2 is 1.89 bits per heavy atom. The smallest absolute Gasteiger partial charge is 0.0462 e. The van der Waals surface area contributed by atoms with E-state index in [1.165, 1.54) is 55.4 Å². The standard InChI is InChI=1S/C16H22ClNS/c17-16-10-15(19-14-4-2-1-3-5-14)9-6-12(16)11-18-13-7-8-13/h6,9-10,13-14,18H,1-5,7-8,11H2. The van der Waals surface area contributed by atoms with Crippen LogP contribution in [0.4, 0.5) is 0 Å². The van der Waals surface area contributed by atoms with Crippen molar-refractivity contribution in [1.29, 1.82) is 0 Å². The molecule has 0 saturated heterocycles. The molecule has 0 aromatic heterocycles. The molecule has 0 atom stereocenters. The molecule has 0 heterocycles. The van der Waals surface area contributed by atoms with Gasteiger partial charge < -0.3 is 5.32 Å². The molecule has 19 heavy (non-hydrogen) atoms. The van der Waals surface area contributed by atoms with E-state index < -0.39 is 0 Å². The van der Waals surface area contributed by atoms with Gasteiger partial charge in [-0.2, -0.15) is 0 Å². The number of hydrogen-bond acceptors (Lipinski definition) is 2. The van der Waals surface area contributed by atoms with Crippen molar-refractivity contribution in [2.24, 2.45) is 0 Å². The largest absolute Gasteiger partial charge is 0.310 e. The van der Waals surface area contributed by atoms with E-state index in [2.05, 4.69) is 23.5 Å². The van der Waals surface area contributed by atoms with E-state index in [9.17, 15) is 0 Å². The lowest BCUT2D eigenvalue weighted by Crippen LogP contribution is -2.15. The summed E-state index contributed by atoms with van der Waals surface area (Å²) in [6.45, 7) is 0.915. The Morgan fingerprint density at radius 1 is 1.11 bits per heavy atom. The highest BCUT2D eigenvalue weighted by Gasteiger charge is 2.20. The fourth-order valence-electron chi connectivity index (χ4n) is 2.66. The first kappa shape index (κ1) is 13.8. The molecule has 3 rings (SSSR count). The second-order valence-electron chi connectivity index (χ2n) is 5.79. The molecule has 2 aliphatic rings. The average Bonchev–Trinajstić information content (AvgIpc) is 3.23. The van der Waals surface area contributed by atoms with Crippen molar-refractivity contribution < 1.29 is 0 Å². The minimum atomic E-state index is 0.743. The van der Waals surface area contributed by atoms with E-state index in [4.69, 9.17) is 11.6 Å².